The monoisotopic (exact) mass is 453 g/mol. The van der Waals surface area contributed by atoms with Crippen LogP contribution in [0, 0.1) is 17.8 Å². The molecule has 0 radical (unpaired) electrons. The Labute approximate surface area is 193 Å². The number of quaternary nitrogens is 1. The van der Waals surface area contributed by atoms with Crippen molar-refractivity contribution in [1.29, 1.82) is 0 Å². The Morgan fingerprint density at radius 1 is 1.13 bits per heavy atom. The Morgan fingerprint density at radius 3 is 2.29 bits per heavy atom. The zero-order valence-corrected chi connectivity index (χ0v) is 20.7. The molecule has 176 valence electrons. The number of carbonyl (C=O) groups excluding carboxylic acids is 2. The molecule has 0 aromatic heterocycles. The Kier molecular flexibility index (Phi) is 10.5. The highest BCUT2D eigenvalue weighted by Crippen LogP contribution is 2.36. The van der Waals surface area contributed by atoms with Crippen LogP contribution < -0.4 is 18.1 Å². The zero-order valence-electron chi connectivity index (χ0n) is 19.9. The van der Waals surface area contributed by atoms with E-state index in [1.807, 2.05) is 51.1 Å². The molecule has 1 aromatic carbocycles. The average Bonchev–Trinajstić information content (AvgIpc) is 2.64. The van der Waals surface area contributed by atoms with Crippen molar-refractivity contribution in [2.24, 2.45) is 17.8 Å². The molecule has 1 fully saturated rings. The molecule has 0 bridgehead atoms. The van der Waals surface area contributed by atoms with E-state index in [9.17, 15) is 9.59 Å². The third-order valence-corrected chi connectivity index (χ3v) is 6.05. The van der Waals surface area contributed by atoms with Gasteiger partial charge in [-0.15, -0.1) is 0 Å². The molecule has 1 saturated carbocycles. The normalized spacial score (nSPS) is 23.4. The van der Waals surface area contributed by atoms with Crippen LogP contribution in [0.15, 0.2) is 30.3 Å². The molecular weight excluding hydrogens is 414 g/mol. The fourth-order valence-electron chi connectivity index (χ4n) is 4.38. The van der Waals surface area contributed by atoms with E-state index in [0.717, 1.165) is 18.4 Å². The second kappa shape index (κ2) is 11.9. The van der Waals surface area contributed by atoms with E-state index in [4.69, 9.17) is 9.47 Å². The van der Waals surface area contributed by atoms with Crippen LogP contribution in [-0.4, -0.2) is 29.7 Å². The SMILES string of the molecule is CC(C)[C@@H]1CC[C@@H](C)C[C@H]1OC(=O)C[C@@H](c1ccccc1)[C@@H]([NH3+])C(=O)OC(C)(C)C.[Cl-]. The lowest BCUT2D eigenvalue weighted by molar-refractivity contribution is -0.415. The average molecular weight is 454 g/mol. The smallest absolute Gasteiger partial charge is 0.365 e. The Balaban J connectivity index is 0.00000480. The minimum atomic E-state index is -0.689. The van der Waals surface area contributed by atoms with E-state index >= 15 is 0 Å². The summed E-state index contributed by atoms with van der Waals surface area (Å²) in [5.41, 5.74) is 4.37. The van der Waals surface area contributed by atoms with Crippen molar-refractivity contribution in [1.82, 2.24) is 0 Å². The molecule has 0 heterocycles. The predicted molar refractivity (Wildman–Crippen MR) is 118 cm³/mol. The molecule has 3 N–H and O–H groups in total. The van der Waals surface area contributed by atoms with Gasteiger partial charge < -0.3 is 27.6 Å². The maximum absolute atomic E-state index is 13.0. The maximum Gasteiger partial charge on any atom is 0.365 e. The lowest BCUT2D eigenvalue weighted by atomic mass is 9.75. The topological polar surface area (TPSA) is 80.2 Å². The first-order valence-corrected chi connectivity index (χ1v) is 11.3. The van der Waals surface area contributed by atoms with Crippen molar-refractivity contribution < 1.29 is 37.2 Å². The molecule has 6 heteroatoms. The lowest BCUT2D eigenvalue weighted by Crippen LogP contribution is -3.00. The fourth-order valence-corrected chi connectivity index (χ4v) is 4.38. The van der Waals surface area contributed by atoms with Crippen molar-refractivity contribution in [3.8, 4) is 0 Å². The number of benzene rings is 1. The van der Waals surface area contributed by atoms with Crippen LogP contribution in [-0.2, 0) is 19.1 Å². The molecule has 1 aliphatic carbocycles. The van der Waals surface area contributed by atoms with Gasteiger partial charge in [-0.2, -0.15) is 0 Å². The van der Waals surface area contributed by atoms with E-state index in [1.54, 1.807) is 0 Å². The molecule has 5 nitrogen and oxygen atoms in total. The first-order valence-electron chi connectivity index (χ1n) is 11.3. The molecule has 0 aliphatic heterocycles. The molecule has 1 aliphatic rings. The van der Waals surface area contributed by atoms with Crippen LogP contribution in [0.25, 0.3) is 0 Å². The summed E-state index contributed by atoms with van der Waals surface area (Å²) in [5.74, 6) is 0.391. The third kappa shape index (κ3) is 8.46. The van der Waals surface area contributed by atoms with Gasteiger partial charge in [0.05, 0.1) is 12.3 Å². The summed E-state index contributed by atoms with van der Waals surface area (Å²) in [6.07, 6.45) is 3.25. The van der Waals surface area contributed by atoms with E-state index in [0.29, 0.717) is 17.8 Å². The number of rotatable bonds is 7. The highest BCUT2D eigenvalue weighted by molar-refractivity contribution is 5.78. The number of ether oxygens (including phenoxy) is 2. The van der Waals surface area contributed by atoms with E-state index < -0.39 is 17.6 Å². The van der Waals surface area contributed by atoms with Crippen molar-refractivity contribution >= 4 is 11.9 Å². The Morgan fingerprint density at radius 2 is 1.74 bits per heavy atom. The van der Waals surface area contributed by atoms with Crippen molar-refractivity contribution in [3.05, 3.63) is 35.9 Å². The van der Waals surface area contributed by atoms with Gasteiger partial charge in [0.15, 0.2) is 6.04 Å². The second-order valence-electron chi connectivity index (χ2n) is 10.2. The van der Waals surface area contributed by atoms with Crippen molar-refractivity contribution in [2.45, 2.75) is 90.9 Å². The summed E-state index contributed by atoms with van der Waals surface area (Å²) in [7, 11) is 0. The van der Waals surface area contributed by atoms with Gasteiger partial charge in [-0.05, 0) is 56.9 Å². The van der Waals surface area contributed by atoms with E-state index in [1.165, 1.54) is 6.42 Å². The summed E-state index contributed by atoms with van der Waals surface area (Å²) in [6.45, 7) is 12.1. The van der Waals surface area contributed by atoms with Gasteiger partial charge in [0.25, 0.3) is 0 Å². The van der Waals surface area contributed by atoms with Gasteiger partial charge in [0, 0.05) is 0 Å². The molecule has 1 aromatic rings. The number of halogens is 1. The summed E-state index contributed by atoms with van der Waals surface area (Å²) < 4.78 is 11.5. The number of esters is 2. The van der Waals surface area contributed by atoms with Gasteiger partial charge in [-0.1, -0.05) is 57.5 Å². The van der Waals surface area contributed by atoms with Crippen LogP contribution >= 0.6 is 0 Å². The number of carbonyl (C=O) groups is 2. The van der Waals surface area contributed by atoms with Gasteiger partial charge in [0.1, 0.15) is 11.7 Å². The first-order chi connectivity index (χ1) is 14.0. The number of hydrogen-bond acceptors (Lipinski definition) is 4. The van der Waals surface area contributed by atoms with Crippen LogP contribution in [0.5, 0.6) is 0 Å². The molecule has 0 spiro atoms. The minimum absolute atomic E-state index is 0. The molecular formula is C25H40ClNO4. The van der Waals surface area contributed by atoms with E-state index in [2.05, 4.69) is 26.5 Å². The molecule has 0 amide bonds. The quantitative estimate of drug-likeness (QED) is 0.627. The summed E-state index contributed by atoms with van der Waals surface area (Å²) in [6, 6.07) is 8.91. The first kappa shape index (κ1) is 27.4. The minimum Gasteiger partial charge on any atom is -1.00 e. The molecule has 2 rings (SSSR count). The van der Waals surface area contributed by atoms with Gasteiger partial charge in [-0.25, -0.2) is 4.79 Å². The molecule has 0 saturated heterocycles. The summed E-state index contributed by atoms with van der Waals surface area (Å²) in [5, 5.41) is 0. The van der Waals surface area contributed by atoms with Gasteiger partial charge in [0.2, 0.25) is 0 Å². The van der Waals surface area contributed by atoms with Crippen LogP contribution in [0.2, 0.25) is 0 Å². The lowest BCUT2D eigenvalue weighted by Gasteiger charge is -2.37. The predicted octanol–water partition coefficient (Wildman–Crippen LogP) is 1.12. The van der Waals surface area contributed by atoms with Gasteiger partial charge in [-0.3, -0.25) is 4.79 Å². The summed E-state index contributed by atoms with van der Waals surface area (Å²) in [4.78, 5) is 25.7. The van der Waals surface area contributed by atoms with E-state index in [-0.39, 0.29) is 36.8 Å². The van der Waals surface area contributed by atoms with Gasteiger partial charge >= 0.3 is 11.9 Å². The third-order valence-electron chi connectivity index (χ3n) is 6.05. The van der Waals surface area contributed by atoms with Crippen molar-refractivity contribution in [2.75, 3.05) is 0 Å². The van der Waals surface area contributed by atoms with Crippen molar-refractivity contribution in [3.63, 3.8) is 0 Å². The zero-order chi connectivity index (χ0) is 22.5. The molecule has 0 unspecified atom stereocenters. The number of hydrogen-bond donors (Lipinski definition) is 1. The molecule has 5 atom stereocenters. The molecule has 31 heavy (non-hydrogen) atoms. The van der Waals surface area contributed by atoms with Crippen LogP contribution in [0.1, 0.15) is 78.7 Å². The summed E-state index contributed by atoms with van der Waals surface area (Å²) >= 11 is 0. The highest BCUT2D eigenvalue weighted by atomic mass is 35.5. The second-order valence-corrected chi connectivity index (χ2v) is 10.2. The Bertz CT molecular complexity index is 701. The largest absolute Gasteiger partial charge is 1.00 e. The Hall–Kier alpha value is -1.59. The van der Waals surface area contributed by atoms with Crippen LogP contribution in [0.3, 0.4) is 0 Å². The fraction of sp³-hybridized carbons (Fsp3) is 0.680. The maximum atomic E-state index is 13.0. The van der Waals surface area contributed by atoms with Crippen LogP contribution in [0.4, 0.5) is 0 Å². The standard InChI is InChI=1S/C25H39NO4.ClH/c1-16(2)19-13-12-17(3)14-21(19)29-22(27)15-20(18-10-8-7-9-11-18)23(26)24(28)30-25(4,5)6;/h7-11,16-17,19-21,23H,12-15,26H2,1-6H3;1H/t17-,19+,20+,21-,23-;/m1./s1. The highest BCUT2D eigenvalue weighted by Gasteiger charge is 2.38.